The lowest BCUT2D eigenvalue weighted by Gasteiger charge is -2.26. The van der Waals surface area contributed by atoms with Crippen LogP contribution in [0.3, 0.4) is 0 Å². The fourth-order valence-corrected chi connectivity index (χ4v) is 5.65. The number of likely N-dealkylation sites (tertiary alicyclic amines) is 1. The Labute approximate surface area is 217 Å². The maximum absolute atomic E-state index is 13.7. The first-order chi connectivity index (χ1) is 17.2. The van der Waals surface area contributed by atoms with Crippen LogP contribution >= 0.6 is 23.4 Å². The number of benzene rings is 1. The summed E-state index contributed by atoms with van der Waals surface area (Å²) in [7, 11) is 0. The van der Waals surface area contributed by atoms with Gasteiger partial charge in [-0.05, 0) is 80.8 Å². The predicted molar refractivity (Wildman–Crippen MR) is 140 cm³/mol. The van der Waals surface area contributed by atoms with Crippen molar-refractivity contribution in [3.05, 3.63) is 57.6 Å². The number of hydrazone groups is 1. The van der Waals surface area contributed by atoms with Gasteiger partial charge in [0.05, 0.1) is 17.0 Å². The summed E-state index contributed by atoms with van der Waals surface area (Å²) in [5.41, 5.74) is 3.16. The number of piperidine rings is 1. The third kappa shape index (κ3) is 4.51. The number of nitrogens with one attached hydrogen (secondary N) is 1. The van der Waals surface area contributed by atoms with Crippen molar-refractivity contribution in [3.63, 3.8) is 0 Å². The quantitative estimate of drug-likeness (QED) is 0.573. The average Bonchev–Trinajstić information content (AvgIpc) is 3.38. The van der Waals surface area contributed by atoms with E-state index in [0.29, 0.717) is 10.7 Å². The Morgan fingerprint density at radius 2 is 1.97 bits per heavy atom. The van der Waals surface area contributed by atoms with Gasteiger partial charge in [-0.25, -0.2) is 4.39 Å². The summed E-state index contributed by atoms with van der Waals surface area (Å²) >= 11 is 7.13. The zero-order valence-electron chi connectivity index (χ0n) is 19.8. The molecule has 0 radical (unpaired) electrons. The van der Waals surface area contributed by atoms with E-state index in [-0.39, 0.29) is 33.9 Å². The van der Waals surface area contributed by atoms with Crippen molar-refractivity contribution in [1.82, 2.24) is 14.5 Å². The number of carbonyl (C=O) groups is 2. The number of nitrogens with zero attached hydrogens (tertiary/aromatic N) is 5. The summed E-state index contributed by atoms with van der Waals surface area (Å²) in [5, 5.41) is 15.2. The van der Waals surface area contributed by atoms with Gasteiger partial charge < -0.3 is 9.47 Å². The molecular weight excluding hydrogens is 503 g/mol. The van der Waals surface area contributed by atoms with Gasteiger partial charge in [0.2, 0.25) is 11.1 Å². The molecule has 3 aliphatic rings. The molecular formula is C25H24ClFN6O2S. The summed E-state index contributed by atoms with van der Waals surface area (Å²) in [5.74, 6) is -1.12. The second-order valence-corrected chi connectivity index (χ2v) is 10.3. The van der Waals surface area contributed by atoms with Crippen molar-refractivity contribution in [1.29, 1.82) is 5.41 Å². The Hall–Kier alpha value is -3.24. The van der Waals surface area contributed by atoms with E-state index in [9.17, 15) is 14.0 Å². The Morgan fingerprint density at radius 1 is 1.22 bits per heavy atom. The van der Waals surface area contributed by atoms with Gasteiger partial charge in [-0.3, -0.25) is 15.0 Å². The van der Waals surface area contributed by atoms with Crippen LogP contribution in [0, 0.1) is 25.1 Å². The zero-order valence-corrected chi connectivity index (χ0v) is 21.4. The lowest BCUT2D eigenvalue weighted by atomic mass is 10.1. The second kappa shape index (κ2) is 9.67. The number of rotatable bonds is 4. The predicted octanol–water partition coefficient (Wildman–Crippen LogP) is 4.91. The topological polar surface area (TPSA) is 94.1 Å². The van der Waals surface area contributed by atoms with Gasteiger partial charge in [-0.2, -0.15) is 15.1 Å². The van der Waals surface area contributed by atoms with E-state index in [1.54, 1.807) is 18.2 Å². The normalized spacial score (nSPS) is 19.1. The van der Waals surface area contributed by atoms with Crippen LogP contribution in [-0.2, 0) is 9.59 Å². The number of amides is 2. The Morgan fingerprint density at radius 3 is 2.69 bits per heavy atom. The molecule has 1 fully saturated rings. The summed E-state index contributed by atoms with van der Waals surface area (Å²) in [6.45, 7) is 5.27. The average molecular weight is 527 g/mol. The van der Waals surface area contributed by atoms with Crippen molar-refractivity contribution >= 4 is 57.3 Å². The number of thioether (sulfide) groups is 1. The van der Waals surface area contributed by atoms with Gasteiger partial charge in [-0.15, -0.1) is 0 Å². The molecule has 0 aliphatic carbocycles. The fourth-order valence-electron chi connectivity index (χ4n) is 4.60. The van der Waals surface area contributed by atoms with E-state index >= 15 is 0 Å². The molecule has 4 heterocycles. The minimum Gasteiger partial charge on any atom is -0.342 e. The van der Waals surface area contributed by atoms with Gasteiger partial charge in [0.1, 0.15) is 10.9 Å². The van der Waals surface area contributed by atoms with Crippen molar-refractivity contribution < 1.29 is 14.0 Å². The van der Waals surface area contributed by atoms with Crippen LogP contribution in [-0.4, -0.2) is 55.4 Å². The molecule has 0 atom stereocenters. The summed E-state index contributed by atoms with van der Waals surface area (Å²) in [6, 6.07) is 6.36. The van der Waals surface area contributed by atoms with Crippen molar-refractivity contribution in [3.8, 4) is 5.69 Å². The third-order valence-electron chi connectivity index (χ3n) is 6.44. The lowest BCUT2D eigenvalue weighted by molar-refractivity contribution is -0.130. The molecule has 1 saturated heterocycles. The molecule has 2 amide bonds. The van der Waals surface area contributed by atoms with Crippen LogP contribution in [0.1, 0.15) is 42.6 Å². The van der Waals surface area contributed by atoms with Gasteiger partial charge in [0.25, 0.3) is 5.91 Å². The molecule has 8 nitrogen and oxygen atoms in total. The second-order valence-electron chi connectivity index (χ2n) is 8.89. The molecule has 0 spiro atoms. The first-order valence-electron chi connectivity index (χ1n) is 11.6. The molecule has 5 rings (SSSR count). The highest BCUT2D eigenvalue weighted by Gasteiger charge is 2.36. The molecule has 0 bridgehead atoms. The molecule has 2 aromatic rings. The monoisotopic (exact) mass is 526 g/mol. The lowest BCUT2D eigenvalue weighted by Crippen LogP contribution is -2.36. The van der Waals surface area contributed by atoms with Crippen LogP contribution < -0.4 is 0 Å². The third-order valence-corrected chi connectivity index (χ3v) is 7.64. The number of halogens is 2. The van der Waals surface area contributed by atoms with Gasteiger partial charge >= 0.3 is 0 Å². The zero-order chi connectivity index (χ0) is 25.6. The summed E-state index contributed by atoms with van der Waals surface area (Å²) in [6.07, 6.45) is 4.89. The Bertz CT molecular complexity index is 1390. The van der Waals surface area contributed by atoms with Crippen molar-refractivity contribution in [2.24, 2.45) is 10.1 Å². The molecule has 0 unspecified atom stereocenters. The number of aromatic nitrogens is 1. The van der Waals surface area contributed by atoms with E-state index in [1.807, 2.05) is 29.4 Å². The number of fused-ring (bicyclic) bond motifs is 1. The molecule has 36 heavy (non-hydrogen) atoms. The maximum Gasteiger partial charge on any atom is 0.283 e. The van der Waals surface area contributed by atoms with Crippen LogP contribution in [0.15, 0.2) is 39.9 Å². The number of hydrogen-bond donors (Lipinski definition) is 1. The van der Waals surface area contributed by atoms with E-state index in [2.05, 4.69) is 10.1 Å². The highest BCUT2D eigenvalue weighted by Crippen LogP contribution is 2.31. The van der Waals surface area contributed by atoms with E-state index < -0.39 is 11.7 Å². The van der Waals surface area contributed by atoms with Crippen molar-refractivity contribution in [2.75, 3.05) is 13.1 Å². The van der Waals surface area contributed by atoms with E-state index in [1.165, 1.54) is 11.1 Å². The molecule has 3 aliphatic heterocycles. The van der Waals surface area contributed by atoms with Crippen LogP contribution in [0.4, 0.5) is 4.39 Å². The molecule has 0 saturated carbocycles. The number of carbonyl (C=O) groups excluding carboxylic acids is 2. The summed E-state index contributed by atoms with van der Waals surface area (Å²) < 4.78 is 15.6. The molecule has 186 valence electrons. The van der Waals surface area contributed by atoms with Gasteiger partial charge in [0, 0.05) is 30.2 Å². The first-order valence-corrected chi connectivity index (χ1v) is 12.8. The molecule has 1 aromatic carbocycles. The standard InChI is InChI=1S/C25H24ClFN6O2S/c1-14-10-16(15(2)32(14)17-6-7-20(27)19(26)12-17)11-18-23(28)33-25(29-24(18)35)36-21(30-33)13-22(34)31-8-4-3-5-9-31/h6-7,10-12,28H,3-5,8-9,13H2,1-2H3/b18-11-,28-23?. The number of hydrogen-bond acceptors (Lipinski definition) is 5. The highest BCUT2D eigenvalue weighted by atomic mass is 35.5. The number of aryl methyl sites for hydroxylation is 1. The van der Waals surface area contributed by atoms with Crippen LogP contribution in [0.2, 0.25) is 5.02 Å². The highest BCUT2D eigenvalue weighted by molar-refractivity contribution is 8.27. The number of aliphatic imine (C=N–C) groups is 1. The maximum atomic E-state index is 13.7. The SMILES string of the molecule is Cc1cc(/C=C2/C(=N)N3N=C(CC(=O)N4CCCCC4)SC3=NC2=O)c(C)n1-c1ccc(F)c(Cl)c1. The first kappa shape index (κ1) is 24.5. The minimum atomic E-state index is -0.535. The number of amidine groups is 2. The Kier molecular flexibility index (Phi) is 6.57. The molecule has 1 aromatic heterocycles. The fraction of sp³-hybridized carbons (Fsp3) is 0.320. The van der Waals surface area contributed by atoms with E-state index in [4.69, 9.17) is 17.0 Å². The minimum absolute atomic E-state index is 0.00311. The van der Waals surface area contributed by atoms with Crippen molar-refractivity contribution in [2.45, 2.75) is 39.5 Å². The van der Waals surface area contributed by atoms with Crippen LogP contribution in [0.5, 0.6) is 0 Å². The Balaban J connectivity index is 1.40. The largest absolute Gasteiger partial charge is 0.342 e. The summed E-state index contributed by atoms with van der Waals surface area (Å²) in [4.78, 5) is 31.5. The molecule has 11 heteroatoms. The van der Waals surface area contributed by atoms with Gasteiger partial charge in [-0.1, -0.05) is 11.6 Å². The van der Waals surface area contributed by atoms with Crippen LogP contribution in [0.25, 0.3) is 11.8 Å². The van der Waals surface area contributed by atoms with Gasteiger partial charge in [0.15, 0.2) is 5.84 Å². The molecule has 1 N–H and O–H groups in total. The van der Waals surface area contributed by atoms with E-state index in [0.717, 1.165) is 61.1 Å². The smallest absolute Gasteiger partial charge is 0.283 e.